The Labute approximate surface area is 504 Å². The number of hydroxylamine groups is 2. The second-order valence-electron chi connectivity index (χ2n) is 27.9. The van der Waals surface area contributed by atoms with Gasteiger partial charge in [0.25, 0.3) is 23.6 Å². The van der Waals surface area contributed by atoms with Gasteiger partial charge in [0.2, 0.25) is 5.91 Å². The zero-order chi connectivity index (χ0) is 64.6. The maximum atomic E-state index is 11.4. The fourth-order valence-corrected chi connectivity index (χ4v) is 7.82. The Balaban J connectivity index is -0.000000201. The molecule has 0 radical (unpaired) electrons. The van der Waals surface area contributed by atoms with E-state index in [-0.39, 0.29) is 59.0 Å². The number of isothiocyanates is 1. The van der Waals surface area contributed by atoms with E-state index < -0.39 is 27.6 Å². The minimum absolute atomic E-state index is 0.0258. The average molecular weight is 1210 g/mol. The second-order valence-corrected chi connectivity index (χ2v) is 32.9. The van der Waals surface area contributed by atoms with E-state index >= 15 is 0 Å². The van der Waals surface area contributed by atoms with Gasteiger partial charge in [0.1, 0.15) is 5.71 Å². The highest BCUT2D eigenvalue weighted by Gasteiger charge is 2.33. The molecule has 14 nitrogen and oxygen atoms in total. The minimum Gasteiger partial charge on any atom is -0.356 e. The van der Waals surface area contributed by atoms with Crippen molar-refractivity contribution in [2.45, 2.75) is 250 Å². The Kier molecular flexibility index (Phi) is 48.8. The van der Waals surface area contributed by atoms with E-state index in [4.69, 9.17) is 10.2 Å². The topological polar surface area (TPSA) is 202 Å². The van der Waals surface area contributed by atoms with Crippen molar-refractivity contribution < 1.29 is 47.4 Å². The summed E-state index contributed by atoms with van der Waals surface area (Å²) in [4.78, 5) is 76.5. The molecular weight excluding hydrogens is 1090 g/mol. The summed E-state index contributed by atoms with van der Waals surface area (Å²) in [5.41, 5.74) is 2.95. The molecule has 2 heterocycles. The number of nitrogens with one attached hydrogen (secondary N) is 1. The van der Waals surface area contributed by atoms with E-state index in [9.17, 15) is 37.2 Å². The standard InChI is InChI=1S/C11H17NO4.C10H15NO2.C9H19NO.C8H17N.C8H16O2S.C7H13NS.C7H16S2.C2H6/c1-11(2,3)7-6-10(15)16-12-8(13)4-5-9(12)14;1-10(2,3)6-7-11-8(12)4-5-9(11)13;1-5-8(11)10-7-6-9(2,3)4;1-7(9)5-6-8(2,3)4;1-5-11(9,10)7-6-8(2,3)4;1-7(2,3)4-5-8-6-9;1-7(2,3)5-6-9-8-4;1-2/h4-7H2,1-3H3;4-5H,6-7H2,1-3H3;5-7H2,1-4H3,(H,10,11);9H,5-6H2,1-4H3;5H,1,6-7H2,2-4H3;4-5H2,1-3H3;5-6H2,1-4H3;1-2H3/p+1. The molecule has 1 saturated heterocycles. The highest BCUT2D eigenvalue weighted by atomic mass is 33.1. The van der Waals surface area contributed by atoms with E-state index in [0.717, 1.165) is 49.9 Å². The normalized spacial score (nSPS) is 13.4. The van der Waals surface area contributed by atoms with Crippen LogP contribution in [0.3, 0.4) is 0 Å². The summed E-state index contributed by atoms with van der Waals surface area (Å²) in [6.07, 6.45) is 13.7. The van der Waals surface area contributed by atoms with Gasteiger partial charge in [-0.2, -0.15) is 0 Å². The molecule has 0 bridgehead atoms. The summed E-state index contributed by atoms with van der Waals surface area (Å²) >= 11 is 4.42. The summed E-state index contributed by atoms with van der Waals surface area (Å²) in [6, 6.07) is 0. The van der Waals surface area contributed by atoms with E-state index in [0.29, 0.717) is 52.5 Å². The number of carbonyl (C=O) groups excluding carboxylic acids is 6. The van der Waals surface area contributed by atoms with Crippen LogP contribution >= 0.6 is 33.8 Å². The van der Waals surface area contributed by atoms with E-state index in [1.165, 1.54) is 35.6 Å². The Morgan fingerprint density at radius 1 is 0.700 bits per heavy atom. The van der Waals surface area contributed by atoms with Gasteiger partial charge in [0.15, 0.2) is 9.84 Å². The number of hydrogen-bond donors (Lipinski definition) is 2. The van der Waals surface area contributed by atoms with Crippen molar-refractivity contribution in [3.05, 3.63) is 24.1 Å². The summed E-state index contributed by atoms with van der Waals surface area (Å²) < 4.78 is 21.9. The molecular formula is C62H120N5O9S4+. The number of nitrogens with zero attached hydrogens (tertiary/aromatic N) is 3. The van der Waals surface area contributed by atoms with Crippen molar-refractivity contribution in [3.8, 4) is 0 Å². The van der Waals surface area contributed by atoms with Gasteiger partial charge in [-0.25, -0.2) is 18.2 Å². The second kappa shape index (κ2) is 44.4. The van der Waals surface area contributed by atoms with Gasteiger partial charge in [-0.05, 0) is 101 Å². The van der Waals surface area contributed by atoms with Crippen LogP contribution in [0, 0.1) is 37.9 Å². The third kappa shape index (κ3) is 70.9. The summed E-state index contributed by atoms with van der Waals surface area (Å²) in [7, 11) is 0.822. The summed E-state index contributed by atoms with van der Waals surface area (Å²) in [5.74, 6) is -0.135. The predicted molar refractivity (Wildman–Crippen MR) is 348 cm³/mol. The van der Waals surface area contributed by atoms with Crippen molar-refractivity contribution in [1.29, 1.82) is 0 Å². The van der Waals surface area contributed by atoms with Crippen LogP contribution in [0.2, 0.25) is 0 Å². The van der Waals surface area contributed by atoms with Crippen LogP contribution in [0.1, 0.15) is 250 Å². The molecule has 1 fully saturated rings. The number of nitrogens with two attached hydrogens (primary N) is 1. The Bertz CT molecular complexity index is 1930. The van der Waals surface area contributed by atoms with Crippen molar-refractivity contribution in [3.63, 3.8) is 0 Å². The molecule has 0 atom stereocenters. The number of amides is 5. The molecule has 0 aromatic carbocycles. The number of carbonyl (C=O) groups is 6. The van der Waals surface area contributed by atoms with Crippen molar-refractivity contribution in [2.24, 2.45) is 42.9 Å². The SMILES string of the molecule is C=CS(=O)(=O)CCC(C)(C)C.CC.CC(=[NH2+])CCC(C)(C)C.CC(C)(C)CCC(=O)ON1C(=O)CCC1=O.CC(C)(C)CCN1C(=O)C=CC1=O.CC(C)(C)CCN=C=S.CCC(=O)NCCC(C)(C)C.CSSCCC(C)(C)C. The van der Waals surface area contributed by atoms with Crippen LogP contribution in [0.5, 0.6) is 0 Å². The average Bonchev–Trinajstić information content (AvgIpc) is 3.79. The zero-order valence-corrected chi connectivity index (χ0v) is 59.0. The fourth-order valence-electron chi connectivity index (χ4n) is 5.06. The summed E-state index contributed by atoms with van der Waals surface area (Å²) in [6.45, 7) is 58.2. The van der Waals surface area contributed by atoms with Crippen molar-refractivity contribution >= 4 is 90.0 Å². The first-order chi connectivity index (χ1) is 36.0. The van der Waals surface area contributed by atoms with E-state index in [2.05, 4.69) is 144 Å². The van der Waals surface area contributed by atoms with Gasteiger partial charge >= 0.3 is 5.97 Å². The third-order valence-electron chi connectivity index (χ3n) is 10.5. The van der Waals surface area contributed by atoms with Gasteiger partial charge in [-0.1, -0.05) is 194 Å². The molecule has 2 aliphatic heterocycles. The molecule has 0 saturated carbocycles. The molecule has 5 amide bonds. The van der Waals surface area contributed by atoms with Crippen LogP contribution in [0.25, 0.3) is 0 Å². The lowest BCUT2D eigenvalue weighted by atomic mass is 9.90. The molecule has 0 aliphatic carbocycles. The molecule has 0 aromatic rings. The van der Waals surface area contributed by atoms with Crippen LogP contribution < -0.4 is 10.7 Å². The molecule has 470 valence electrons. The van der Waals surface area contributed by atoms with Crippen LogP contribution in [-0.2, 0) is 43.4 Å². The maximum absolute atomic E-state index is 11.4. The number of imide groups is 2. The fraction of sp³-hybridized carbons (Fsp3) is 0.806. The van der Waals surface area contributed by atoms with E-state index in [1.807, 2.05) is 90.8 Å². The summed E-state index contributed by atoms with van der Waals surface area (Å²) in [5, 5.41) is 12.3. The van der Waals surface area contributed by atoms with Gasteiger partial charge in [0, 0.05) is 82.0 Å². The lowest BCUT2D eigenvalue weighted by Crippen LogP contribution is -2.37. The predicted octanol–water partition coefficient (Wildman–Crippen LogP) is 14.7. The number of aliphatic imine (C=N–C) groups is 1. The largest absolute Gasteiger partial charge is 0.356 e. The van der Waals surface area contributed by atoms with Gasteiger partial charge in [-0.15, -0.1) is 5.06 Å². The first-order valence-electron chi connectivity index (χ1n) is 28.4. The Hall–Kier alpha value is -3.18. The lowest BCUT2D eigenvalue weighted by Gasteiger charge is -2.21. The van der Waals surface area contributed by atoms with Crippen LogP contribution in [0.15, 0.2) is 29.1 Å². The number of rotatable bonds is 18. The quantitative estimate of drug-likeness (QED) is 0.0433. The van der Waals surface area contributed by atoms with Crippen LogP contribution in [0.4, 0.5) is 0 Å². The Morgan fingerprint density at radius 3 is 1.43 bits per heavy atom. The zero-order valence-electron chi connectivity index (χ0n) is 55.7. The van der Waals surface area contributed by atoms with Crippen molar-refractivity contribution in [1.82, 2.24) is 15.3 Å². The van der Waals surface area contributed by atoms with Gasteiger partial charge in [-0.3, -0.25) is 34.3 Å². The molecule has 0 unspecified atom stereocenters. The molecule has 0 aromatic heterocycles. The lowest BCUT2D eigenvalue weighted by molar-refractivity contribution is -0.197. The minimum atomic E-state index is -2.99. The third-order valence-corrected chi connectivity index (χ3v) is 13.8. The smallest absolute Gasteiger partial charge is 0.333 e. The monoisotopic (exact) mass is 1210 g/mol. The van der Waals surface area contributed by atoms with Gasteiger partial charge in [0.05, 0.1) is 10.9 Å². The van der Waals surface area contributed by atoms with E-state index in [1.54, 1.807) is 0 Å². The maximum Gasteiger partial charge on any atom is 0.333 e. The highest BCUT2D eigenvalue weighted by molar-refractivity contribution is 8.76. The van der Waals surface area contributed by atoms with Crippen molar-refractivity contribution in [2.75, 3.05) is 37.4 Å². The number of hydrogen-bond acceptors (Lipinski definition) is 13. The highest BCUT2D eigenvalue weighted by Crippen LogP contribution is 2.26. The number of thiocarbonyl (C=S) groups is 1. The van der Waals surface area contributed by atoms with Gasteiger partial charge < -0.3 is 10.2 Å². The molecule has 80 heavy (non-hydrogen) atoms. The molecule has 18 heteroatoms. The Morgan fingerprint density at radius 2 is 1.10 bits per heavy atom. The molecule has 3 N–H and O–H groups in total. The molecule has 0 spiro atoms. The number of sulfone groups is 1. The first-order valence-corrected chi connectivity index (χ1v) is 33.3. The first kappa shape index (κ1) is 88.1. The molecule has 2 rings (SSSR count). The molecule has 2 aliphatic rings. The van der Waals surface area contributed by atoms with Crippen LogP contribution in [-0.4, -0.2) is 102 Å².